The number of nitrogens with zero attached hydrogens (tertiary/aromatic N) is 2. The van der Waals surface area contributed by atoms with E-state index in [0.717, 1.165) is 36.2 Å². The minimum Gasteiger partial charge on any atom is -0.370 e. The van der Waals surface area contributed by atoms with Crippen molar-refractivity contribution < 1.29 is 0 Å². The highest BCUT2D eigenvalue weighted by atomic mass is 15.0. The van der Waals surface area contributed by atoms with Crippen LogP contribution in [0.5, 0.6) is 0 Å². The van der Waals surface area contributed by atoms with Gasteiger partial charge in [0.2, 0.25) is 0 Å². The lowest BCUT2D eigenvalue weighted by atomic mass is 10.0. The lowest BCUT2D eigenvalue weighted by Crippen LogP contribution is -2.11. The summed E-state index contributed by atoms with van der Waals surface area (Å²) < 4.78 is 0. The molecule has 0 radical (unpaired) electrons. The van der Waals surface area contributed by atoms with Crippen molar-refractivity contribution in [3.8, 4) is 0 Å². The molecule has 1 saturated carbocycles. The zero-order valence-electron chi connectivity index (χ0n) is 12.1. The second-order valence-corrected chi connectivity index (χ2v) is 5.68. The molecule has 0 bridgehead atoms. The fraction of sp³-hybridized carbons (Fsp3) is 0.733. The van der Waals surface area contributed by atoms with E-state index in [1.54, 1.807) is 0 Å². The van der Waals surface area contributed by atoms with Crippen molar-refractivity contribution in [2.75, 3.05) is 11.9 Å². The highest BCUT2D eigenvalue weighted by Crippen LogP contribution is 2.37. The predicted molar refractivity (Wildman–Crippen MR) is 76.0 cm³/mol. The molecule has 1 aliphatic carbocycles. The van der Waals surface area contributed by atoms with Crippen molar-refractivity contribution in [2.45, 2.75) is 59.3 Å². The van der Waals surface area contributed by atoms with Crippen LogP contribution in [0.15, 0.2) is 0 Å². The summed E-state index contributed by atoms with van der Waals surface area (Å²) in [4.78, 5) is 9.47. The van der Waals surface area contributed by atoms with E-state index in [-0.39, 0.29) is 0 Å². The molecule has 3 heteroatoms. The number of rotatable bonds is 4. The van der Waals surface area contributed by atoms with Crippen LogP contribution in [0, 0.1) is 19.8 Å². The fourth-order valence-electron chi connectivity index (χ4n) is 2.69. The third-order valence-corrected chi connectivity index (χ3v) is 4.01. The molecular formula is C15H25N3. The molecule has 1 aliphatic rings. The van der Waals surface area contributed by atoms with Gasteiger partial charge in [0.25, 0.3) is 0 Å². The lowest BCUT2D eigenvalue weighted by molar-refractivity contribution is 0.584. The van der Waals surface area contributed by atoms with E-state index >= 15 is 0 Å². The van der Waals surface area contributed by atoms with E-state index in [1.165, 1.54) is 24.8 Å². The first-order valence-electron chi connectivity index (χ1n) is 7.20. The van der Waals surface area contributed by atoms with Crippen LogP contribution in [0.1, 0.15) is 62.5 Å². The summed E-state index contributed by atoms with van der Waals surface area (Å²) in [6.45, 7) is 9.69. The number of hydrogen-bond acceptors (Lipinski definition) is 3. The summed E-state index contributed by atoms with van der Waals surface area (Å²) in [6, 6.07) is 0. The first-order valence-corrected chi connectivity index (χ1v) is 7.20. The van der Waals surface area contributed by atoms with Crippen LogP contribution < -0.4 is 5.32 Å². The van der Waals surface area contributed by atoms with E-state index in [4.69, 9.17) is 9.97 Å². The number of hydrogen-bond donors (Lipinski definition) is 1. The Balaban J connectivity index is 2.23. The maximum atomic E-state index is 4.76. The van der Waals surface area contributed by atoms with Gasteiger partial charge in [0.1, 0.15) is 11.6 Å². The number of anilines is 1. The van der Waals surface area contributed by atoms with Crippen molar-refractivity contribution in [3.63, 3.8) is 0 Å². The molecule has 1 aromatic heterocycles. The number of aryl methyl sites for hydroxylation is 1. The first-order chi connectivity index (χ1) is 8.61. The second-order valence-electron chi connectivity index (χ2n) is 5.68. The van der Waals surface area contributed by atoms with Crippen LogP contribution in [0.25, 0.3) is 0 Å². The number of aromatic nitrogens is 2. The maximum absolute atomic E-state index is 4.76. The summed E-state index contributed by atoms with van der Waals surface area (Å²) in [5, 5.41) is 3.43. The molecule has 18 heavy (non-hydrogen) atoms. The van der Waals surface area contributed by atoms with Gasteiger partial charge in [-0.05, 0) is 45.4 Å². The molecule has 2 unspecified atom stereocenters. The van der Waals surface area contributed by atoms with Crippen molar-refractivity contribution in [1.29, 1.82) is 0 Å². The van der Waals surface area contributed by atoms with Gasteiger partial charge >= 0.3 is 0 Å². The molecule has 1 heterocycles. The minimum atomic E-state index is 0.571. The Labute approximate surface area is 110 Å². The molecule has 3 nitrogen and oxygen atoms in total. The summed E-state index contributed by atoms with van der Waals surface area (Å²) >= 11 is 0. The summed E-state index contributed by atoms with van der Waals surface area (Å²) in [5.41, 5.74) is 2.32. The zero-order chi connectivity index (χ0) is 13.1. The van der Waals surface area contributed by atoms with Crippen molar-refractivity contribution >= 4 is 5.82 Å². The third kappa shape index (κ3) is 2.82. The monoisotopic (exact) mass is 247 g/mol. The molecule has 100 valence electrons. The van der Waals surface area contributed by atoms with Gasteiger partial charge < -0.3 is 5.32 Å². The van der Waals surface area contributed by atoms with E-state index < -0.39 is 0 Å². The van der Waals surface area contributed by atoms with E-state index in [1.807, 2.05) is 0 Å². The van der Waals surface area contributed by atoms with Crippen molar-refractivity contribution in [2.24, 2.45) is 5.92 Å². The van der Waals surface area contributed by atoms with Gasteiger partial charge in [-0.2, -0.15) is 0 Å². The summed E-state index contributed by atoms with van der Waals surface area (Å²) in [5.74, 6) is 3.49. The molecule has 0 aliphatic heterocycles. The highest BCUT2D eigenvalue weighted by molar-refractivity contribution is 5.45. The smallest absolute Gasteiger partial charge is 0.134 e. The molecular weight excluding hydrogens is 222 g/mol. The van der Waals surface area contributed by atoms with Crippen molar-refractivity contribution in [1.82, 2.24) is 9.97 Å². The van der Waals surface area contributed by atoms with E-state index in [9.17, 15) is 0 Å². The third-order valence-electron chi connectivity index (χ3n) is 4.01. The van der Waals surface area contributed by atoms with E-state index in [2.05, 4.69) is 33.0 Å². The minimum absolute atomic E-state index is 0.571. The predicted octanol–water partition coefficient (Wildman–Crippen LogP) is 3.82. The Morgan fingerprint density at radius 2 is 2.00 bits per heavy atom. The average molecular weight is 247 g/mol. The topological polar surface area (TPSA) is 37.8 Å². The van der Waals surface area contributed by atoms with Gasteiger partial charge in [-0.3, -0.25) is 0 Å². The van der Waals surface area contributed by atoms with Crippen LogP contribution in [0.3, 0.4) is 0 Å². The normalized spacial score (nSPS) is 23.3. The quantitative estimate of drug-likeness (QED) is 0.879. The Bertz CT molecular complexity index is 414. The van der Waals surface area contributed by atoms with Gasteiger partial charge in [0.05, 0.1) is 0 Å². The molecule has 1 N–H and O–H groups in total. The number of nitrogens with one attached hydrogen (secondary N) is 1. The molecule has 1 fully saturated rings. The molecule has 1 aromatic rings. The van der Waals surface area contributed by atoms with Gasteiger partial charge in [-0.1, -0.05) is 13.8 Å². The summed E-state index contributed by atoms with van der Waals surface area (Å²) in [7, 11) is 0. The fourth-order valence-corrected chi connectivity index (χ4v) is 2.69. The van der Waals surface area contributed by atoms with Crippen LogP contribution in [-0.4, -0.2) is 16.5 Å². The van der Waals surface area contributed by atoms with Crippen molar-refractivity contribution in [3.05, 3.63) is 17.1 Å². The molecule has 0 saturated heterocycles. The van der Waals surface area contributed by atoms with Crippen LogP contribution >= 0.6 is 0 Å². The SMILES string of the molecule is CCCNc1nc(C2CCC(C)C2)nc(C)c1C. The molecule has 2 atom stereocenters. The molecule has 0 spiro atoms. The standard InChI is InChI=1S/C15H25N3/c1-5-8-16-14-11(3)12(4)17-15(18-14)13-7-6-10(2)9-13/h10,13H,5-9H2,1-4H3,(H,16,17,18). The van der Waals surface area contributed by atoms with Crippen LogP contribution in [-0.2, 0) is 0 Å². The van der Waals surface area contributed by atoms with Crippen LogP contribution in [0.4, 0.5) is 5.82 Å². The largest absolute Gasteiger partial charge is 0.370 e. The van der Waals surface area contributed by atoms with E-state index in [0.29, 0.717) is 5.92 Å². The Hall–Kier alpha value is -1.12. The first kappa shape index (κ1) is 13.3. The average Bonchev–Trinajstić information content (AvgIpc) is 2.77. The van der Waals surface area contributed by atoms with Gasteiger partial charge in [-0.25, -0.2) is 9.97 Å². The molecule has 0 amide bonds. The van der Waals surface area contributed by atoms with Gasteiger partial charge in [-0.15, -0.1) is 0 Å². The maximum Gasteiger partial charge on any atom is 0.134 e. The highest BCUT2D eigenvalue weighted by Gasteiger charge is 2.25. The molecule has 2 rings (SSSR count). The zero-order valence-corrected chi connectivity index (χ0v) is 12.1. The summed E-state index contributed by atoms with van der Waals surface area (Å²) in [6.07, 6.45) is 4.93. The Morgan fingerprint density at radius 1 is 1.22 bits per heavy atom. The Kier molecular flexibility index (Phi) is 4.20. The lowest BCUT2D eigenvalue weighted by Gasteiger charge is -2.15. The second kappa shape index (κ2) is 5.68. The Morgan fingerprint density at radius 3 is 2.61 bits per heavy atom. The van der Waals surface area contributed by atoms with Gasteiger partial charge in [0.15, 0.2) is 0 Å². The van der Waals surface area contributed by atoms with Crippen LogP contribution in [0.2, 0.25) is 0 Å². The van der Waals surface area contributed by atoms with Gasteiger partial charge in [0, 0.05) is 23.7 Å². The molecule has 0 aromatic carbocycles.